The minimum absolute atomic E-state index is 0.222. The number of hydrogen-bond donors (Lipinski definition) is 1. The summed E-state index contributed by atoms with van der Waals surface area (Å²) in [7, 11) is 1.43. The number of imide groups is 1. The van der Waals surface area contributed by atoms with Crippen LogP contribution in [0, 0.1) is 0 Å². The number of benzene rings is 2. The van der Waals surface area contributed by atoms with E-state index in [4.69, 9.17) is 21.1 Å². The molecule has 1 N–H and O–H groups in total. The standard InChI is InChI=1S/C18H12ClNO5S/c1-24-14-7-10(8-15-16(21)20-18(23)26-15)5-6-13(14)25-17(22)11-3-2-4-12(19)9-11/h2-9H,1H3,(H,20,21,23)/b15-8+. The van der Waals surface area contributed by atoms with Crippen molar-refractivity contribution >= 4 is 46.6 Å². The number of carbonyl (C=O) groups excluding carboxylic acids is 3. The minimum Gasteiger partial charge on any atom is -0.493 e. The predicted molar refractivity (Wildman–Crippen MR) is 98.5 cm³/mol. The third-order valence-corrected chi connectivity index (χ3v) is 4.44. The first-order valence-corrected chi connectivity index (χ1v) is 8.56. The summed E-state index contributed by atoms with van der Waals surface area (Å²) in [5, 5.41) is 2.19. The molecule has 0 spiro atoms. The van der Waals surface area contributed by atoms with Crippen LogP contribution in [0.25, 0.3) is 6.08 Å². The number of esters is 1. The Labute approximate surface area is 158 Å². The third-order valence-electron chi connectivity index (χ3n) is 3.39. The average Bonchev–Trinajstić information content (AvgIpc) is 2.93. The maximum atomic E-state index is 12.2. The Balaban J connectivity index is 1.83. The van der Waals surface area contributed by atoms with Crippen molar-refractivity contribution in [3.05, 3.63) is 63.5 Å². The number of nitrogens with one attached hydrogen (secondary N) is 1. The number of ether oxygens (including phenoxy) is 2. The molecule has 2 aromatic carbocycles. The van der Waals surface area contributed by atoms with Crippen molar-refractivity contribution in [2.75, 3.05) is 7.11 Å². The van der Waals surface area contributed by atoms with E-state index in [2.05, 4.69) is 5.32 Å². The van der Waals surface area contributed by atoms with Crippen LogP contribution in [-0.4, -0.2) is 24.2 Å². The molecule has 132 valence electrons. The smallest absolute Gasteiger partial charge is 0.343 e. The molecular formula is C18H12ClNO5S. The fourth-order valence-electron chi connectivity index (χ4n) is 2.20. The lowest BCUT2D eigenvalue weighted by molar-refractivity contribution is -0.115. The fraction of sp³-hybridized carbons (Fsp3) is 0.0556. The van der Waals surface area contributed by atoms with Gasteiger partial charge in [0.05, 0.1) is 17.6 Å². The van der Waals surface area contributed by atoms with E-state index in [0.717, 1.165) is 11.8 Å². The molecule has 8 heteroatoms. The van der Waals surface area contributed by atoms with Crippen LogP contribution in [0.3, 0.4) is 0 Å². The molecule has 0 aromatic heterocycles. The van der Waals surface area contributed by atoms with Crippen LogP contribution >= 0.6 is 23.4 Å². The number of hydrogen-bond acceptors (Lipinski definition) is 6. The van der Waals surface area contributed by atoms with Crippen molar-refractivity contribution in [3.63, 3.8) is 0 Å². The summed E-state index contributed by atoms with van der Waals surface area (Å²) in [6.45, 7) is 0. The molecule has 1 aliphatic heterocycles. The van der Waals surface area contributed by atoms with Gasteiger partial charge in [0.2, 0.25) is 0 Å². The van der Waals surface area contributed by atoms with Gasteiger partial charge in [0.1, 0.15) is 0 Å². The molecule has 0 radical (unpaired) electrons. The van der Waals surface area contributed by atoms with Crippen molar-refractivity contribution in [2.24, 2.45) is 0 Å². The molecule has 6 nitrogen and oxygen atoms in total. The van der Waals surface area contributed by atoms with Crippen LogP contribution in [-0.2, 0) is 4.79 Å². The summed E-state index contributed by atoms with van der Waals surface area (Å²) in [6, 6.07) is 11.2. The van der Waals surface area contributed by atoms with Crippen LogP contribution in [0.15, 0.2) is 47.4 Å². The van der Waals surface area contributed by atoms with E-state index in [1.165, 1.54) is 13.2 Å². The normalized spacial score (nSPS) is 15.1. The van der Waals surface area contributed by atoms with E-state index in [0.29, 0.717) is 21.9 Å². The molecule has 0 saturated carbocycles. The molecule has 2 aromatic rings. The van der Waals surface area contributed by atoms with Gasteiger partial charge in [-0.3, -0.25) is 14.9 Å². The third kappa shape index (κ3) is 4.07. The van der Waals surface area contributed by atoms with E-state index in [9.17, 15) is 14.4 Å². The number of rotatable bonds is 4. The molecule has 0 aliphatic carbocycles. The summed E-state index contributed by atoms with van der Waals surface area (Å²) in [5.74, 6) is -0.493. The summed E-state index contributed by atoms with van der Waals surface area (Å²) in [6.07, 6.45) is 1.55. The van der Waals surface area contributed by atoms with Crippen LogP contribution < -0.4 is 14.8 Å². The molecule has 0 bridgehead atoms. The highest BCUT2D eigenvalue weighted by Crippen LogP contribution is 2.32. The van der Waals surface area contributed by atoms with E-state index in [-0.39, 0.29) is 10.7 Å². The first-order chi connectivity index (χ1) is 12.5. The zero-order chi connectivity index (χ0) is 18.7. The number of carbonyl (C=O) groups is 3. The quantitative estimate of drug-likeness (QED) is 0.485. The summed E-state index contributed by atoms with van der Waals surface area (Å²) in [5.41, 5.74) is 0.931. The van der Waals surface area contributed by atoms with Crippen molar-refractivity contribution in [3.8, 4) is 11.5 Å². The lowest BCUT2D eigenvalue weighted by Gasteiger charge is -2.10. The number of halogens is 1. The second kappa shape index (κ2) is 7.63. The summed E-state index contributed by atoms with van der Waals surface area (Å²) in [4.78, 5) is 35.3. The van der Waals surface area contributed by atoms with E-state index in [1.807, 2.05) is 0 Å². The Hall–Kier alpha value is -2.77. The van der Waals surface area contributed by atoms with Crippen LogP contribution in [0.2, 0.25) is 5.02 Å². The Bertz CT molecular complexity index is 941. The molecule has 2 amide bonds. The molecule has 3 rings (SSSR count). The zero-order valence-electron chi connectivity index (χ0n) is 13.4. The molecule has 1 saturated heterocycles. The molecule has 1 aliphatic rings. The monoisotopic (exact) mass is 389 g/mol. The Morgan fingerprint density at radius 1 is 1.15 bits per heavy atom. The van der Waals surface area contributed by atoms with Crippen LogP contribution in [0.5, 0.6) is 11.5 Å². The molecule has 0 unspecified atom stereocenters. The van der Waals surface area contributed by atoms with Gasteiger partial charge in [0.25, 0.3) is 11.1 Å². The summed E-state index contributed by atoms with van der Waals surface area (Å²) >= 11 is 6.70. The zero-order valence-corrected chi connectivity index (χ0v) is 15.0. The van der Waals surface area contributed by atoms with Gasteiger partial charge in [-0.25, -0.2) is 4.79 Å². The van der Waals surface area contributed by atoms with Gasteiger partial charge < -0.3 is 9.47 Å². The van der Waals surface area contributed by atoms with Crippen LogP contribution in [0.4, 0.5) is 4.79 Å². The van der Waals surface area contributed by atoms with Crippen molar-refractivity contribution in [1.82, 2.24) is 5.32 Å². The molecule has 1 heterocycles. The fourth-order valence-corrected chi connectivity index (χ4v) is 3.08. The Morgan fingerprint density at radius 3 is 2.62 bits per heavy atom. The lowest BCUT2D eigenvalue weighted by Crippen LogP contribution is -2.17. The highest BCUT2D eigenvalue weighted by molar-refractivity contribution is 8.18. The molecule has 0 atom stereocenters. The molecule has 26 heavy (non-hydrogen) atoms. The molecular weight excluding hydrogens is 378 g/mol. The SMILES string of the molecule is COc1cc(/C=C2/SC(=O)NC2=O)ccc1OC(=O)c1cccc(Cl)c1. The van der Waals surface area contributed by atoms with Crippen LogP contribution in [0.1, 0.15) is 15.9 Å². The second-order valence-electron chi connectivity index (χ2n) is 5.16. The first-order valence-electron chi connectivity index (χ1n) is 7.37. The van der Waals surface area contributed by atoms with E-state index in [1.54, 1.807) is 42.5 Å². The average molecular weight is 390 g/mol. The van der Waals surface area contributed by atoms with E-state index < -0.39 is 17.1 Å². The minimum atomic E-state index is -0.576. The van der Waals surface area contributed by atoms with Crippen molar-refractivity contribution in [2.45, 2.75) is 0 Å². The van der Waals surface area contributed by atoms with Gasteiger partial charge in [0.15, 0.2) is 11.5 Å². The first kappa shape index (κ1) is 18.0. The maximum absolute atomic E-state index is 12.2. The topological polar surface area (TPSA) is 81.7 Å². The largest absolute Gasteiger partial charge is 0.493 e. The highest BCUT2D eigenvalue weighted by atomic mass is 35.5. The summed E-state index contributed by atoms with van der Waals surface area (Å²) < 4.78 is 10.6. The van der Waals surface area contributed by atoms with Crippen molar-refractivity contribution in [1.29, 1.82) is 0 Å². The van der Waals surface area contributed by atoms with Gasteiger partial charge in [-0.1, -0.05) is 23.7 Å². The second-order valence-corrected chi connectivity index (χ2v) is 6.61. The van der Waals surface area contributed by atoms with Gasteiger partial charge in [-0.2, -0.15) is 0 Å². The lowest BCUT2D eigenvalue weighted by atomic mass is 10.2. The number of methoxy groups -OCH3 is 1. The number of amides is 2. The van der Waals surface area contributed by atoms with Gasteiger partial charge >= 0.3 is 5.97 Å². The Morgan fingerprint density at radius 2 is 1.96 bits per heavy atom. The van der Waals surface area contributed by atoms with Gasteiger partial charge in [-0.15, -0.1) is 0 Å². The maximum Gasteiger partial charge on any atom is 0.343 e. The van der Waals surface area contributed by atoms with Gasteiger partial charge in [0, 0.05) is 5.02 Å². The highest BCUT2D eigenvalue weighted by Gasteiger charge is 2.25. The molecule has 1 fully saturated rings. The Kier molecular flexibility index (Phi) is 5.29. The number of thioether (sulfide) groups is 1. The predicted octanol–water partition coefficient (Wildman–Crippen LogP) is 3.89. The van der Waals surface area contributed by atoms with Gasteiger partial charge in [-0.05, 0) is 53.7 Å². The van der Waals surface area contributed by atoms with E-state index >= 15 is 0 Å². The van der Waals surface area contributed by atoms with Crippen molar-refractivity contribution < 1.29 is 23.9 Å².